The Morgan fingerprint density at radius 2 is 1.37 bits per heavy atom. The topological polar surface area (TPSA) is 18.0 Å². The van der Waals surface area contributed by atoms with Gasteiger partial charge in [-0.15, -0.1) is 0 Å². The molecule has 0 spiro atoms. The van der Waals surface area contributed by atoms with Crippen molar-refractivity contribution in [3.63, 3.8) is 0 Å². The Morgan fingerprint density at radius 3 is 2.16 bits per heavy atom. The molecule has 0 radical (unpaired) electrons. The van der Waals surface area contributed by atoms with E-state index in [0.29, 0.717) is 0 Å². The fourth-order valence-electron chi connectivity index (χ4n) is 11.0. The van der Waals surface area contributed by atoms with Gasteiger partial charge in [0.15, 0.2) is 0 Å². The molecule has 0 N–H and O–H groups in total. The van der Waals surface area contributed by atoms with Crippen molar-refractivity contribution in [1.82, 2.24) is 13.7 Å². The molecule has 0 fully saturated rings. The summed E-state index contributed by atoms with van der Waals surface area (Å²) in [6, 6.07) is 59.6. The number of hydrogen-bond donors (Lipinski definition) is 0. The Balaban J connectivity index is 1.32. The molecule has 1 unspecified atom stereocenters. The minimum atomic E-state index is 0.253. The van der Waals surface area contributed by atoms with Crippen LogP contribution in [0.25, 0.3) is 82.6 Å². The molecule has 0 aliphatic heterocycles. The second kappa shape index (κ2) is 15.3. The van der Waals surface area contributed by atoms with Gasteiger partial charge in [0.05, 0.1) is 28.1 Å². The van der Waals surface area contributed by atoms with E-state index in [1.54, 1.807) is 0 Å². The highest BCUT2D eigenvalue weighted by molar-refractivity contribution is 6.20. The molecule has 2 aliphatic carbocycles. The van der Waals surface area contributed by atoms with Gasteiger partial charge >= 0.3 is 0 Å². The van der Waals surface area contributed by atoms with Crippen molar-refractivity contribution in [2.24, 2.45) is 0 Å². The van der Waals surface area contributed by atoms with E-state index in [4.69, 9.17) is 0 Å². The lowest BCUT2D eigenvalue weighted by Crippen LogP contribution is -2.19. The number of para-hydroxylation sites is 3. The molecule has 306 valence electrons. The van der Waals surface area contributed by atoms with Gasteiger partial charge in [0.1, 0.15) is 0 Å². The third kappa shape index (κ3) is 5.96. The summed E-state index contributed by atoms with van der Waals surface area (Å²) in [5.41, 5.74) is 16.1. The molecule has 7 aromatic carbocycles. The molecule has 1 atom stereocenters. The summed E-state index contributed by atoms with van der Waals surface area (Å²) in [6.45, 7) is 5.40. The number of rotatable bonds is 8. The summed E-state index contributed by atoms with van der Waals surface area (Å²) in [4.78, 5) is 2.62. The number of benzene rings is 7. The van der Waals surface area contributed by atoms with Crippen LogP contribution in [0, 0.1) is 6.92 Å². The van der Waals surface area contributed by atoms with Crippen molar-refractivity contribution in [3.05, 3.63) is 199 Å². The predicted octanol–water partition coefficient (Wildman–Crippen LogP) is 16.2. The van der Waals surface area contributed by atoms with Gasteiger partial charge in [0.25, 0.3) is 0 Å². The van der Waals surface area contributed by atoms with Crippen LogP contribution >= 0.6 is 0 Å². The standard InChI is InChI=1S/C59H50N4/c1-3-60-52-31-19-18-30-48(52)51-39-42(34-37-53(51)60)56-55(49-35-32-40(2)38-54(49)62(56)45-25-12-6-13-26-45)59-58(61(43-21-8-4-9-22-43)44-23-10-5-11-24-44)50-36-33-41-20-16-17-29-47(41)57(50)63(59)46-27-14-7-15-28-46/h4-10,12-14,16-23,25-26,29-39,46H,3,11,15,24,27-28H2,1-2H3. The molecular weight excluding hydrogens is 765 g/mol. The fraction of sp³-hybridized carbons (Fsp3) is 0.153. The summed E-state index contributed by atoms with van der Waals surface area (Å²) < 4.78 is 7.84. The summed E-state index contributed by atoms with van der Waals surface area (Å²) in [6.07, 6.45) is 16.8. The molecule has 4 heteroatoms. The van der Waals surface area contributed by atoms with E-state index in [0.717, 1.165) is 44.3 Å². The van der Waals surface area contributed by atoms with Gasteiger partial charge in [-0.05, 0) is 117 Å². The van der Waals surface area contributed by atoms with Crippen LogP contribution in [-0.4, -0.2) is 13.7 Å². The van der Waals surface area contributed by atoms with Gasteiger partial charge in [0.2, 0.25) is 0 Å². The largest absolute Gasteiger partial charge is 0.341 e. The van der Waals surface area contributed by atoms with Gasteiger partial charge < -0.3 is 18.6 Å². The maximum atomic E-state index is 2.81. The zero-order chi connectivity index (χ0) is 42.0. The first kappa shape index (κ1) is 37.5. The van der Waals surface area contributed by atoms with E-state index in [1.807, 2.05) is 0 Å². The van der Waals surface area contributed by atoms with E-state index in [-0.39, 0.29) is 6.04 Å². The number of aromatic nitrogens is 3. The second-order valence-corrected chi connectivity index (χ2v) is 17.4. The van der Waals surface area contributed by atoms with Crippen molar-refractivity contribution in [3.8, 4) is 28.2 Å². The lowest BCUT2D eigenvalue weighted by molar-refractivity contribution is 0.479. The number of aryl methyl sites for hydroxylation is 2. The third-order valence-electron chi connectivity index (χ3n) is 13.7. The van der Waals surface area contributed by atoms with Gasteiger partial charge in [-0.3, -0.25) is 0 Å². The van der Waals surface area contributed by atoms with Crippen molar-refractivity contribution < 1.29 is 0 Å². The molecule has 63 heavy (non-hydrogen) atoms. The maximum Gasteiger partial charge on any atom is 0.0797 e. The molecule has 0 saturated carbocycles. The zero-order valence-corrected chi connectivity index (χ0v) is 36.0. The monoisotopic (exact) mass is 814 g/mol. The molecule has 0 amide bonds. The molecule has 2 aliphatic rings. The van der Waals surface area contributed by atoms with Crippen LogP contribution in [0.3, 0.4) is 0 Å². The smallest absolute Gasteiger partial charge is 0.0797 e. The van der Waals surface area contributed by atoms with Crippen LogP contribution in [0.15, 0.2) is 194 Å². The van der Waals surface area contributed by atoms with Gasteiger partial charge in [-0.25, -0.2) is 0 Å². The van der Waals surface area contributed by atoms with Gasteiger partial charge in [-0.1, -0.05) is 133 Å². The van der Waals surface area contributed by atoms with Crippen LogP contribution in [0.2, 0.25) is 0 Å². The Labute approximate surface area is 368 Å². The summed E-state index contributed by atoms with van der Waals surface area (Å²) >= 11 is 0. The Hall–Kier alpha value is -7.30. The number of anilines is 2. The SMILES string of the molecule is CCn1c2ccccc2c2cc(-c3c(-c4c(N(C5=CC=CCC5)c5ccccc5)c5ccc6ccccc6c5n4C4CC=CCC4)c4ccc(C)cc4n3-c3ccccc3)ccc21. The minimum absolute atomic E-state index is 0.253. The van der Waals surface area contributed by atoms with Crippen LogP contribution in [0.4, 0.5) is 11.4 Å². The van der Waals surface area contributed by atoms with Crippen molar-refractivity contribution >= 4 is 65.8 Å². The lowest BCUT2D eigenvalue weighted by Gasteiger charge is -2.31. The van der Waals surface area contributed by atoms with Crippen molar-refractivity contribution in [2.75, 3.05) is 4.90 Å². The first-order valence-corrected chi connectivity index (χ1v) is 22.8. The molecule has 10 aromatic rings. The normalized spacial score (nSPS) is 15.3. The third-order valence-corrected chi connectivity index (χ3v) is 13.7. The number of hydrogen-bond acceptors (Lipinski definition) is 1. The number of nitrogens with zero attached hydrogens (tertiary/aromatic N) is 4. The van der Waals surface area contributed by atoms with Crippen LogP contribution < -0.4 is 4.90 Å². The maximum absolute atomic E-state index is 2.81. The summed E-state index contributed by atoms with van der Waals surface area (Å²) in [5, 5.41) is 7.66. The fourth-order valence-corrected chi connectivity index (χ4v) is 11.0. The van der Waals surface area contributed by atoms with E-state index < -0.39 is 0 Å². The lowest BCUT2D eigenvalue weighted by atomic mass is 9.96. The Bertz CT molecular complexity index is 3480. The van der Waals surface area contributed by atoms with Gasteiger partial charge in [0, 0.05) is 73.2 Å². The number of fused-ring (bicyclic) bond motifs is 7. The highest BCUT2D eigenvalue weighted by Gasteiger charge is 2.35. The van der Waals surface area contributed by atoms with Crippen molar-refractivity contribution in [1.29, 1.82) is 0 Å². The molecule has 0 saturated heterocycles. The van der Waals surface area contributed by atoms with E-state index in [1.165, 1.54) is 99.5 Å². The highest BCUT2D eigenvalue weighted by Crippen LogP contribution is 2.55. The Morgan fingerprint density at radius 1 is 0.603 bits per heavy atom. The zero-order valence-electron chi connectivity index (χ0n) is 36.0. The Kier molecular flexibility index (Phi) is 9.07. The molecule has 4 nitrogen and oxygen atoms in total. The average Bonchev–Trinajstić information content (AvgIpc) is 3.98. The average molecular weight is 815 g/mol. The summed E-state index contributed by atoms with van der Waals surface area (Å²) in [5.74, 6) is 0. The van der Waals surface area contributed by atoms with Gasteiger partial charge in [-0.2, -0.15) is 0 Å². The molecule has 12 rings (SSSR count). The van der Waals surface area contributed by atoms with E-state index in [2.05, 4.69) is 221 Å². The van der Waals surface area contributed by atoms with E-state index in [9.17, 15) is 0 Å². The predicted molar refractivity (Wildman–Crippen MR) is 268 cm³/mol. The molecule has 0 bridgehead atoms. The summed E-state index contributed by atoms with van der Waals surface area (Å²) in [7, 11) is 0. The quantitative estimate of drug-likeness (QED) is 0.140. The first-order valence-electron chi connectivity index (χ1n) is 22.8. The van der Waals surface area contributed by atoms with Crippen LogP contribution in [-0.2, 0) is 6.54 Å². The second-order valence-electron chi connectivity index (χ2n) is 17.4. The van der Waals surface area contributed by atoms with E-state index >= 15 is 0 Å². The first-order chi connectivity index (χ1) is 31.2. The number of allylic oxidation sites excluding steroid dienone is 6. The van der Waals surface area contributed by atoms with Crippen LogP contribution in [0.5, 0.6) is 0 Å². The molecule has 3 aromatic heterocycles. The van der Waals surface area contributed by atoms with Crippen LogP contribution in [0.1, 0.15) is 50.6 Å². The highest BCUT2D eigenvalue weighted by atomic mass is 15.2. The molecule has 3 heterocycles. The van der Waals surface area contributed by atoms with Crippen molar-refractivity contribution in [2.45, 2.75) is 58.5 Å². The minimum Gasteiger partial charge on any atom is -0.341 e. The molecular formula is C59H50N4.